The van der Waals surface area contributed by atoms with Gasteiger partial charge in [0.15, 0.2) is 0 Å². The second kappa shape index (κ2) is 5.78. The lowest BCUT2D eigenvalue weighted by molar-refractivity contribution is 0.209. The van der Waals surface area contributed by atoms with Crippen molar-refractivity contribution in [3.63, 3.8) is 0 Å². The molecule has 16 heavy (non-hydrogen) atoms. The molecule has 88 valence electrons. The second-order valence-corrected chi connectivity index (χ2v) is 4.59. The topological polar surface area (TPSA) is 21.3 Å². The Morgan fingerprint density at radius 3 is 2.81 bits per heavy atom. The third-order valence-electron chi connectivity index (χ3n) is 3.33. The Morgan fingerprint density at radius 2 is 2.06 bits per heavy atom. The minimum atomic E-state index is 0.770. The van der Waals surface area contributed by atoms with Gasteiger partial charge >= 0.3 is 0 Å². The molecular formula is C14H21NO. The van der Waals surface area contributed by atoms with E-state index in [0.29, 0.717) is 0 Å². The molecule has 1 saturated carbocycles. The van der Waals surface area contributed by atoms with Gasteiger partial charge in [-0.25, -0.2) is 0 Å². The molecule has 1 aliphatic rings. The van der Waals surface area contributed by atoms with Crippen LogP contribution in [0.25, 0.3) is 0 Å². The van der Waals surface area contributed by atoms with E-state index in [2.05, 4.69) is 11.4 Å². The molecule has 1 aromatic rings. The highest BCUT2D eigenvalue weighted by Gasteiger charge is 2.13. The highest BCUT2D eigenvalue weighted by Crippen LogP contribution is 2.25. The van der Waals surface area contributed by atoms with Crippen molar-refractivity contribution in [1.29, 1.82) is 0 Å². The summed E-state index contributed by atoms with van der Waals surface area (Å²) in [6.07, 6.45) is 6.85. The predicted octanol–water partition coefficient (Wildman–Crippen LogP) is 3.69. The van der Waals surface area contributed by atoms with Gasteiger partial charge in [0.05, 0.1) is 6.61 Å². The van der Waals surface area contributed by atoms with Crippen molar-refractivity contribution in [2.45, 2.75) is 32.1 Å². The number of hydrogen-bond donors (Lipinski definition) is 1. The maximum atomic E-state index is 5.85. The summed E-state index contributed by atoms with van der Waals surface area (Å²) in [4.78, 5) is 0. The van der Waals surface area contributed by atoms with Gasteiger partial charge in [-0.3, -0.25) is 0 Å². The summed E-state index contributed by atoms with van der Waals surface area (Å²) in [6.45, 7) is 0.882. The van der Waals surface area contributed by atoms with Crippen LogP contribution in [-0.2, 0) is 0 Å². The first-order valence-corrected chi connectivity index (χ1v) is 6.29. The SMILES string of the molecule is CNc1cccc(OCC2CCCCC2)c1. The first-order valence-electron chi connectivity index (χ1n) is 6.29. The molecule has 0 atom stereocenters. The van der Waals surface area contributed by atoms with Crippen LogP contribution in [0.2, 0.25) is 0 Å². The van der Waals surface area contributed by atoms with E-state index in [1.54, 1.807) is 0 Å². The Balaban J connectivity index is 1.83. The van der Waals surface area contributed by atoms with Crippen LogP contribution in [0.5, 0.6) is 5.75 Å². The number of ether oxygens (including phenoxy) is 1. The van der Waals surface area contributed by atoms with Crippen LogP contribution in [0.4, 0.5) is 5.69 Å². The van der Waals surface area contributed by atoms with Gasteiger partial charge in [0, 0.05) is 18.8 Å². The van der Waals surface area contributed by atoms with Crippen molar-refractivity contribution in [1.82, 2.24) is 0 Å². The number of nitrogens with one attached hydrogen (secondary N) is 1. The zero-order chi connectivity index (χ0) is 11.2. The van der Waals surface area contributed by atoms with Crippen LogP contribution in [0.15, 0.2) is 24.3 Å². The first-order chi connectivity index (χ1) is 7.88. The van der Waals surface area contributed by atoms with Crippen LogP contribution in [0.1, 0.15) is 32.1 Å². The van der Waals surface area contributed by atoms with Gasteiger partial charge in [-0.05, 0) is 30.9 Å². The van der Waals surface area contributed by atoms with Crippen LogP contribution in [0, 0.1) is 5.92 Å². The van der Waals surface area contributed by atoms with Crippen molar-refractivity contribution in [3.05, 3.63) is 24.3 Å². The smallest absolute Gasteiger partial charge is 0.121 e. The van der Waals surface area contributed by atoms with E-state index in [4.69, 9.17) is 4.74 Å². The third-order valence-corrected chi connectivity index (χ3v) is 3.33. The molecule has 1 fully saturated rings. The van der Waals surface area contributed by atoms with Crippen molar-refractivity contribution in [2.75, 3.05) is 19.0 Å². The molecule has 2 heteroatoms. The zero-order valence-electron chi connectivity index (χ0n) is 10.0. The van der Waals surface area contributed by atoms with E-state index >= 15 is 0 Å². The molecule has 0 bridgehead atoms. The number of rotatable bonds is 4. The Labute approximate surface area is 98.0 Å². The molecule has 0 amide bonds. The third kappa shape index (κ3) is 3.16. The molecule has 1 N–H and O–H groups in total. The molecule has 2 nitrogen and oxygen atoms in total. The summed E-state index contributed by atoms with van der Waals surface area (Å²) in [6, 6.07) is 8.17. The first kappa shape index (κ1) is 11.3. The molecule has 2 rings (SSSR count). The maximum Gasteiger partial charge on any atom is 0.121 e. The van der Waals surface area contributed by atoms with E-state index in [-0.39, 0.29) is 0 Å². The van der Waals surface area contributed by atoms with Crippen molar-refractivity contribution in [2.24, 2.45) is 5.92 Å². The normalized spacial score (nSPS) is 17.1. The molecule has 0 heterocycles. The van der Waals surface area contributed by atoms with Crippen LogP contribution in [0.3, 0.4) is 0 Å². The lowest BCUT2D eigenvalue weighted by Crippen LogP contribution is -2.15. The van der Waals surface area contributed by atoms with Crippen LogP contribution >= 0.6 is 0 Å². The zero-order valence-corrected chi connectivity index (χ0v) is 10.0. The number of hydrogen-bond acceptors (Lipinski definition) is 2. The lowest BCUT2D eigenvalue weighted by atomic mass is 9.90. The Morgan fingerprint density at radius 1 is 1.25 bits per heavy atom. The lowest BCUT2D eigenvalue weighted by Gasteiger charge is -2.21. The molecule has 0 unspecified atom stereocenters. The van der Waals surface area contributed by atoms with E-state index in [1.165, 1.54) is 32.1 Å². The fourth-order valence-corrected chi connectivity index (χ4v) is 2.31. The molecular weight excluding hydrogens is 198 g/mol. The molecule has 1 aromatic carbocycles. The molecule has 0 spiro atoms. The Hall–Kier alpha value is -1.18. The van der Waals surface area contributed by atoms with Gasteiger partial charge in [-0.1, -0.05) is 25.3 Å². The van der Waals surface area contributed by atoms with Gasteiger partial charge in [0.1, 0.15) is 5.75 Å². The summed E-state index contributed by atoms with van der Waals surface area (Å²) in [5.74, 6) is 1.75. The van der Waals surface area contributed by atoms with Crippen LogP contribution < -0.4 is 10.1 Å². The summed E-state index contributed by atoms with van der Waals surface area (Å²) < 4.78 is 5.85. The predicted molar refractivity (Wildman–Crippen MR) is 68.1 cm³/mol. The van der Waals surface area contributed by atoms with Gasteiger partial charge in [0.2, 0.25) is 0 Å². The summed E-state index contributed by atoms with van der Waals surface area (Å²) >= 11 is 0. The van der Waals surface area contributed by atoms with Gasteiger partial charge in [0.25, 0.3) is 0 Å². The summed E-state index contributed by atoms with van der Waals surface area (Å²) in [5.41, 5.74) is 1.11. The van der Waals surface area contributed by atoms with Crippen LogP contribution in [-0.4, -0.2) is 13.7 Å². The highest BCUT2D eigenvalue weighted by atomic mass is 16.5. The minimum absolute atomic E-state index is 0.770. The maximum absolute atomic E-state index is 5.85. The van der Waals surface area contributed by atoms with Crippen molar-refractivity contribution in [3.8, 4) is 5.75 Å². The minimum Gasteiger partial charge on any atom is -0.493 e. The number of anilines is 1. The highest BCUT2D eigenvalue weighted by molar-refractivity contribution is 5.47. The van der Waals surface area contributed by atoms with E-state index in [1.807, 2.05) is 25.2 Å². The monoisotopic (exact) mass is 219 g/mol. The molecule has 0 aliphatic heterocycles. The van der Waals surface area contributed by atoms with Gasteiger partial charge < -0.3 is 10.1 Å². The fourth-order valence-electron chi connectivity index (χ4n) is 2.31. The summed E-state index contributed by atoms with van der Waals surface area (Å²) in [7, 11) is 1.93. The van der Waals surface area contributed by atoms with E-state index in [9.17, 15) is 0 Å². The van der Waals surface area contributed by atoms with Crippen molar-refractivity contribution < 1.29 is 4.74 Å². The van der Waals surface area contributed by atoms with E-state index in [0.717, 1.165) is 24.0 Å². The second-order valence-electron chi connectivity index (χ2n) is 4.59. The average Bonchev–Trinajstić information content (AvgIpc) is 2.38. The fraction of sp³-hybridized carbons (Fsp3) is 0.571. The molecule has 0 aromatic heterocycles. The molecule has 0 radical (unpaired) electrons. The van der Waals surface area contributed by atoms with Crippen molar-refractivity contribution >= 4 is 5.69 Å². The summed E-state index contributed by atoms with van der Waals surface area (Å²) in [5, 5.41) is 3.13. The largest absolute Gasteiger partial charge is 0.493 e. The Kier molecular flexibility index (Phi) is 4.09. The standard InChI is InChI=1S/C14H21NO/c1-15-13-8-5-9-14(10-13)16-11-12-6-3-2-4-7-12/h5,8-10,12,15H,2-4,6-7,11H2,1H3. The molecule has 1 aliphatic carbocycles. The van der Waals surface area contributed by atoms with E-state index < -0.39 is 0 Å². The quantitative estimate of drug-likeness (QED) is 0.834. The van der Waals surface area contributed by atoms with Gasteiger partial charge in [-0.15, -0.1) is 0 Å². The average molecular weight is 219 g/mol. The molecule has 0 saturated heterocycles. The van der Waals surface area contributed by atoms with Gasteiger partial charge in [-0.2, -0.15) is 0 Å². The Bertz CT molecular complexity index is 318. The number of benzene rings is 1.